The molecule has 0 aliphatic heterocycles. The number of carboxylic acids is 1. The molecule has 0 aromatic heterocycles. The minimum absolute atomic E-state index is 0.111. The predicted molar refractivity (Wildman–Crippen MR) is 51.0 cm³/mol. The molecule has 0 saturated carbocycles. The van der Waals surface area contributed by atoms with Gasteiger partial charge >= 0.3 is 12.1 Å². The standard InChI is InChI=1S/C9H17NO4/c1-6(2)4-7(8(11)12)5-10-9(13)14-3/h6-7H,4-5H2,1-3H3,(H,10,13)(H,11,12). The van der Waals surface area contributed by atoms with E-state index in [2.05, 4.69) is 10.1 Å². The molecule has 0 saturated heterocycles. The van der Waals surface area contributed by atoms with Crippen LogP contribution in [0.5, 0.6) is 0 Å². The van der Waals surface area contributed by atoms with Crippen LogP contribution in [0.4, 0.5) is 4.79 Å². The van der Waals surface area contributed by atoms with Crippen LogP contribution in [0.15, 0.2) is 0 Å². The van der Waals surface area contributed by atoms with Gasteiger partial charge in [-0.1, -0.05) is 13.8 Å². The first-order valence-electron chi connectivity index (χ1n) is 4.52. The summed E-state index contributed by atoms with van der Waals surface area (Å²) in [6, 6.07) is 0. The van der Waals surface area contributed by atoms with Gasteiger partial charge in [-0.3, -0.25) is 4.79 Å². The Hall–Kier alpha value is -1.26. The Morgan fingerprint density at radius 1 is 1.43 bits per heavy atom. The van der Waals surface area contributed by atoms with Crippen LogP contribution >= 0.6 is 0 Å². The first-order chi connectivity index (χ1) is 6.47. The second kappa shape index (κ2) is 6.23. The number of carbonyl (C=O) groups is 2. The topological polar surface area (TPSA) is 75.6 Å². The highest BCUT2D eigenvalue weighted by Crippen LogP contribution is 2.10. The van der Waals surface area contributed by atoms with Crippen LogP contribution in [0.1, 0.15) is 20.3 Å². The molecule has 0 aromatic rings. The van der Waals surface area contributed by atoms with Crippen molar-refractivity contribution in [3.05, 3.63) is 0 Å². The fourth-order valence-corrected chi connectivity index (χ4v) is 1.12. The van der Waals surface area contributed by atoms with E-state index in [-0.39, 0.29) is 12.5 Å². The second-order valence-electron chi connectivity index (χ2n) is 3.54. The molecule has 2 N–H and O–H groups in total. The summed E-state index contributed by atoms with van der Waals surface area (Å²) in [5.74, 6) is -1.15. The van der Waals surface area contributed by atoms with E-state index in [4.69, 9.17) is 5.11 Å². The Morgan fingerprint density at radius 2 is 2.00 bits per heavy atom. The zero-order valence-electron chi connectivity index (χ0n) is 8.74. The zero-order valence-corrected chi connectivity index (χ0v) is 8.74. The highest BCUT2D eigenvalue weighted by molar-refractivity contribution is 5.72. The molecule has 0 aromatic carbocycles. The molecule has 0 heterocycles. The first kappa shape index (κ1) is 12.7. The molecule has 1 unspecified atom stereocenters. The van der Waals surface area contributed by atoms with E-state index >= 15 is 0 Å². The van der Waals surface area contributed by atoms with Crippen LogP contribution < -0.4 is 5.32 Å². The van der Waals surface area contributed by atoms with Crippen molar-refractivity contribution in [3.8, 4) is 0 Å². The van der Waals surface area contributed by atoms with Crippen molar-refractivity contribution in [2.45, 2.75) is 20.3 Å². The number of methoxy groups -OCH3 is 1. The minimum atomic E-state index is -0.893. The third-order valence-electron chi connectivity index (χ3n) is 1.78. The minimum Gasteiger partial charge on any atom is -0.481 e. The number of carboxylic acid groups (broad SMARTS) is 1. The number of carbonyl (C=O) groups excluding carboxylic acids is 1. The maximum atomic E-state index is 10.7. The Kier molecular flexibility index (Phi) is 5.67. The molecule has 82 valence electrons. The van der Waals surface area contributed by atoms with Crippen LogP contribution in [-0.2, 0) is 9.53 Å². The van der Waals surface area contributed by atoms with Crippen LogP contribution in [0, 0.1) is 11.8 Å². The van der Waals surface area contributed by atoms with Gasteiger partial charge in [0.1, 0.15) is 0 Å². The van der Waals surface area contributed by atoms with E-state index in [1.54, 1.807) is 0 Å². The summed E-state index contributed by atoms with van der Waals surface area (Å²) in [5.41, 5.74) is 0. The number of rotatable bonds is 5. The average Bonchev–Trinajstić information content (AvgIpc) is 2.10. The number of hydrogen-bond acceptors (Lipinski definition) is 3. The molecule has 1 amide bonds. The lowest BCUT2D eigenvalue weighted by Gasteiger charge is -2.14. The van der Waals surface area contributed by atoms with Gasteiger partial charge in [0.05, 0.1) is 13.0 Å². The van der Waals surface area contributed by atoms with Gasteiger partial charge in [-0.05, 0) is 12.3 Å². The molecule has 0 fully saturated rings. The summed E-state index contributed by atoms with van der Waals surface area (Å²) < 4.78 is 4.34. The molecule has 14 heavy (non-hydrogen) atoms. The second-order valence-corrected chi connectivity index (χ2v) is 3.54. The quantitative estimate of drug-likeness (QED) is 0.701. The van der Waals surface area contributed by atoms with Gasteiger partial charge in [-0.15, -0.1) is 0 Å². The Morgan fingerprint density at radius 3 is 2.36 bits per heavy atom. The number of alkyl carbamates (subject to hydrolysis) is 1. The van der Waals surface area contributed by atoms with Gasteiger partial charge in [0.25, 0.3) is 0 Å². The molecule has 0 bridgehead atoms. The summed E-state index contributed by atoms with van der Waals surface area (Å²) in [6.07, 6.45) is -0.0562. The van der Waals surface area contributed by atoms with Gasteiger partial charge in [0.15, 0.2) is 0 Å². The van der Waals surface area contributed by atoms with E-state index in [0.29, 0.717) is 6.42 Å². The Labute approximate surface area is 83.4 Å². The summed E-state index contributed by atoms with van der Waals surface area (Å²) in [5, 5.41) is 11.2. The van der Waals surface area contributed by atoms with E-state index in [9.17, 15) is 9.59 Å². The molecule has 1 atom stereocenters. The lowest BCUT2D eigenvalue weighted by atomic mass is 9.97. The molecule has 5 heteroatoms. The van der Waals surface area contributed by atoms with Crippen LogP contribution in [0.25, 0.3) is 0 Å². The first-order valence-corrected chi connectivity index (χ1v) is 4.52. The third-order valence-corrected chi connectivity index (χ3v) is 1.78. The highest BCUT2D eigenvalue weighted by Gasteiger charge is 2.19. The molecule has 0 aliphatic carbocycles. The van der Waals surface area contributed by atoms with Crippen LogP contribution in [-0.4, -0.2) is 30.8 Å². The van der Waals surface area contributed by atoms with Crippen LogP contribution in [0.3, 0.4) is 0 Å². The molecule has 0 radical (unpaired) electrons. The monoisotopic (exact) mass is 203 g/mol. The van der Waals surface area contributed by atoms with Crippen molar-refractivity contribution < 1.29 is 19.4 Å². The van der Waals surface area contributed by atoms with E-state index < -0.39 is 18.0 Å². The molecule has 5 nitrogen and oxygen atoms in total. The molecule has 0 aliphatic rings. The van der Waals surface area contributed by atoms with Gasteiger partial charge < -0.3 is 15.2 Å². The lowest BCUT2D eigenvalue weighted by molar-refractivity contribution is -0.142. The normalized spacial score (nSPS) is 12.3. The largest absolute Gasteiger partial charge is 0.481 e. The van der Waals surface area contributed by atoms with E-state index in [0.717, 1.165) is 0 Å². The van der Waals surface area contributed by atoms with Gasteiger partial charge in [0.2, 0.25) is 0 Å². The number of nitrogens with one attached hydrogen (secondary N) is 1. The SMILES string of the molecule is COC(=O)NCC(CC(C)C)C(=O)O. The Balaban J connectivity index is 3.97. The molecule has 0 spiro atoms. The third kappa shape index (κ3) is 5.40. The maximum absolute atomic E-state index is 10.7. The fourth-order valence-electron chi connectivity index (χ4n) is 1.12. The molecular formula is C9H17NO4. The van der Waals surface area contributed by atoms with Gasteiger partial charge in [0, 0.05) is 6.54 Å². The fraction of sp³-hybridized carbons (Fsp3) is 0.778. The molecule has 0 rings (SSSR count). The predicted octanol–water partition coefficient (Wildman–Crippen LogP) is 1.09. The lowest BCUT2D eigenvalue weighted by Crippen LogP contribution is -2.33. The van der Waals surface area contributed by atoms with Crippen molar-refractivity contribution in [2.24, 2.45) is 11.8 Å². The molecular weight excluding hydrogens is 186 g/mol. The van der Waals surface area contributed by atoms with Crippen LogP contribution in [0.2, 0.25) is 0 Å². The van der Waals surface area contributed by atoms with Crippen molar-refractivity contribution in [2.75, 3.05) is 13.7 Å². The summed E-state index contributed by atoms with van der Waals surface area (Å²) in [7, 11) is 1.24. The van der Waals surface area contributed by atoms with Crippen molar-refractivity contribution in [3.63, 3.8) is 0 Å². The number of aliphatic carboxylic acids is 1. The Bertz CT molecular complexity index is 203. The smallest absolute Gasteiger partial charge is 0.406 e. The zero-order chi connectivity index (χ0) is 11.1. The highest BCUT2D eigenvalue weighted by atomic mass is 16.5. The average molecular weight is 203 g/mol. The number of amides is 1. The maximum Gasteiger partial charge on any atom is 0.406 e. The van der Waals surface area contributed by atoms with Crippen molar-refractivity contribution >= 4 is 12.1 Å². The summed E-state index contributed by atoms with van der Waals surface area (Å²) in [6.45, 7) is 3.99. The number of hydrogen-bond donors (Lipinski definition) is 2. The van der Waals surface area contributed by atoms with Crippen molar-refractivity contribution in [1.29, 1.82) is 0 Å². The summed E-state index contributed by atoms with van der Waals surface area (Å²) >= 11 is 0. The summed E-state index contributed by atoms with van der Waals surface area (Å²) in [4.78, 5) is 21.4. The van der Waals surface area contributed by atoms with Gasteiger partial charge in [-0.25, -0.2) is 4.79 Å². The van der Waals surface area contributed by atoms with E-state index in [1.807, 2.05) is 13.8 Å². The van der Waals surface area contributed by atoms with Gasteiger partial charge in [-0.2, -0.15) is 0 Å². The number of ether oxygens (including phenoxy) is 1. The van der Waals surface area contributed by atoms with E-state index in [1.165, 1.54) is 7.11 Å². The van der Waals surface area contributed by atoms with Crippen molar-refractivity contribution in [1.82, 2.24) is 5.32 Å².